The Morgan fingerprint density at radius 3 is 2.06 bits per heavy atom. The first-order valence-electron chi connectivity index (χ1n) is 16.2. The Morgan fingerprint density at radius 2 is 1.46 bits per heavy atom. The summed E-state index contributed by atoms with van der Waals surface area (Å²) in [6, 6.07) is 19.8. The maximum absolute atomic E-state index is 13.3. The van der Waals surface area contributed by atoms with Gasteiger partial charge in [-0.15, -0.1) is 0 Å². The van der Waals surface area contributed by atoms with E-state index >= 15 is 0 Å². The van der Waals surface area contributed by atoms with Crippen LogP contribution in [0.1, 0.15) is 63.0 Å². The summed E-state index contributed by atoms with van der Waals surface area (Å²) in [5.41, 5.74) is 2.23. The van der Waals surface area contributed by atoms with Crippen LogP contribution in [0.25, 0.3) is 0 Å². The standard InChI is InChI=1S/C38H40Cl3N3O7Si/c1-38(2,3)52(5,6)51-27-9-7-8-23(16-27)21-42-34(46)24-12-15-28(29(39)18-24)35(47)44-32(37(49)50-4)17-22-10-13-25(14-11-22)43-36(48)33-30(40)19-26(45)20-31(33)41/h7-16,18-20,32,45H,17,21H2,1-6H3,(H,42,46)(H,43,48)(H,44,47)/t32-/m0/s1. The van der Waals surface area contributed by atoms with E-state index in [1.807, 2.05) is 24.3 Å². The monoisotopic (exact) mass is 783 g/mol. The number of amides is 3. The van der Waals surface area contributed by atoms with Crippen LogP contribution in [-0.2, 0) is 22.5 Å². The molecular formula is C38H40Cl3N3O7Si. The Balaban J connectivity index is 1.37. The highest BCUT2D eigenvalue weighted by Gasteiger charge is 2.39. The third-order valence-electron chi connectivity index (χ3n) is 8.70. The molecule has 0 bridgehead atoms. The molecule has 274 valence electrons. The highest BCUT2D eigenvalue weighted by Crippen LogP contribution is 2.37. The number of methoxy groups -OCH3 is 1. The number of esters is 1. The minimum Gasteiger partial charge on any atom is -0.543 e. The summed E-state index contributed by atoms with van der Waals surface area (Å²) in [6.45, 7) is 11.1. The van der Waals surface area contributed by atoms with Crippen LogP contribution in [0.2, 0.25) is 33.2 Å². The van der Waals surface area contributed by atoms with Crippen molar-refractivity contribution in [3.63, 3.8) is 0 Å². The number of aromatic hydroxyl groups is 1. The summed E-state index contributed by atoms with van der Waals surface area (Å²) in [5.74, 6) is -1.71. The van der Waals surface area contributed by atoms with Gasteiger partial charge in [-0.05, 0) is 83.9 Å². The lowest BCUT2D eigenvalue weighted by Gasteiger charge is -2.36. The first-order valence-corrected chi connectivity index (χ1v) is 20.3. The van der Waals surface area contributed by atoms with Crippen LogP contribution in [0.5, 0.6) is 11.5 Å². The number of halogens is 3. The molecule has 0 spiro atoms. The van der Waals surface area contributed by atoms with E-state index in [1.54, 1.807) is 24.3 Å². The fourth-order valence-corrected chi connectivity index (χ4v) is 6.73. The molecule has 1 atom stereocenters. The zero-order chi connectivity index (χ0) is 38.4. The minimum atomic E-state index is -2.03. The molecule has 0 aliphatic rings. The smallest absolute Gasteiger partial charge is 0.328 e. The largest absolute Gasteiger partial charge is 0.543 e. The summed E-state index contributed by atoms with van der Waals surface area (Å²) in [5, 5.41) is 17.9. The summed E-state index contributed by atoms with van der Waals surface area (Å²) >= 11 is 18.6. The van der Waals surface area contributed by atoms with E-state index in [0.29, 0.717) is 11.3 Å². The number of hydrogen-bond acceptors (Lipinski definition) is 7. The van der Waals surface area contributed by atoms with E-state index in [4.69, 9.17) is 44.0 Å². The molecule has 0 radical (unpaired) electrons. The molecule has 4 N–H and O–H groups in total. The molecular weight excluding hydrogens is 745 g/mol. The lowest BCUT2D eigenvalue weighted by Crippen LogP contribution is -2.43. The van der Waals surface area contributed by atoms with E-state index in [0.717, 1.165) is 11.3 Å². The van der Waals surface area contributed by atoms with E-state index in [1.165, 1.54) is 37.4 Å². The number of phenols is 1. The van der Waals surface area contributed by atoms with Gasteiger partial charge >= 0.3 is 5.97 Å². The number of benzene rings is 4. The highest BCUT2D eigenvalue weighted by atomic mass is 35.5. The molecule has 0 aromatic heterocycles. The first-order chi connectivity index (χ1) is 24.4. The number of hydrogen-bond donors (Lipinski definition) is 4. The van der Waals surface area contributed by atoms with Gasteiger partial charge < -0.3 is 30.2 Å². The van der Waals surface area contributed by atoms with Crippen molar-refractivity contribution < 1.29 is 33.4 Å². The van der Waals surface area contributed by atoms with Gasteiger partial charge in [0.2, 0.25) is 8.32 Å². The van der Waals surface area contributed by atoms with Gasteiger partial charge in [0.15, 0.2) is 0 Å². The molecule has 0 aliphatic carbocycles. The maximum Gasteiger partial charge on any atom is 0.328 e. The van der Waals surface area contributed by atoms with Crippen LogP contribution in [0.15, 0.2) is 78.9 Å². The van der Waals surface area contributed by atoms with E-state index in [9.17, 15) is 24.3 Å². The van der Waals surface area contributed by atoms with Gasteiger partial charge in [-0.25, -0.2) is 4.79 Å². The number of carbonyl (C=O) groups excluding carboxylic acids is 4. The van der Waals surface area contributed by atoms with Gasteiger partial charge in [-0.1, -0.05) is 79.8 Å². The van der Waals surface area contributed by atoms with Gasteiger partial charge in [-0.3, -0.25) is 14.4 Å². The minimum absolute atomic E-state index is 0.000280. The zero-order valence-electron chi connectivity index (χ0n) is 29.5. The second kappa shape index (κ2) is 16.9. The summed E-state index contributed by atoms with van der Waals surface area (Å²) < 4.78 is 11.3. The number of anilines is 1. The van der Waals surface area contributed by atoms with Gasteiger partial charge in [0.1, 0.15) is 17.5 Å². The van der Waals surface area contributed by atoms with Crippen molar-refractivity contribution in [1.29, 1.82) is 0 Å². The first kappa shape index (κ1) is 40.2. The molecule has 0 aliphatic heterocycles. The quantitative estimate of drug-likeness (QED) is 0.0835. The topological polar surface area (TPSA) is 143 Å². The second-order valence-electron chi connectivity index (χ2n) is 13.6. The Hall–Kier alpha value is -4.55. The van der Waals surface area contributed by atoms with Gasteiger partial charge in [0.05, 0.1) is 33.3 Å². The summed E-state index contributed by atoms with van der Waals surface area (Å²) in [4.78, 5) is 51.7. The number of ether oxygens (including phenoxy) is 1. The fourth-order valence-electron chi connectivity index (χ4n) is 4.79. The highest BCUT2D eigenvalue weighted by molar-refractivity contribution is 6.74. The van der Waals surface area contributed by atoms with Gasteiger partial charge in [-0.2, -0.15) is 0 Å². The van der Waals surface area contributed by atoms with Gasteiger partial charge in [0.25, 0.3) is 17.7 Å². The molecule has 0 saturated heterocycles. The Morgan fingerprint density at radius 1 is 0.808 bits per heavy atom. The Bertz CT molecular complexity index is 1960. The van der Waals surface area contributed by atoms with Crippen molar-refractivity contribution in [2.45, 2.75) is 57.9 Å². The van der Waals surface area contributed by atoms with Crippen LogP contribution < -0.4 is 20.4 Å². The summed E-state index contributed by atoms with van der Waals surface area (Å²) in [6.07, 6.45) is 0.0580. The lowest BCUT2D eigenvalue weighted by molar-refractivity contribution is -0.142. The molecule has 4 aromatic rings. The predicted molar refractivity (Wildman–Crippen MR) is 206 cm³/mol. The lowest BCUT2D eigenvalue weighted by atomic mass is 10.0. The average molecular weight is 785 g/mol. The molecule has 4 rings (SSSR count). The number of rotatable bonds is 12. The molecule has 52 heavy (non-hydrogen) atoms. The van der Waals surface area contributed by atoms with Crippen molar-refractivity contribution in [2.75, 3.05) is 12.4 Å². The fraction of sp³-hybridized carbons (Fsp3) is 0.263. The van der Waals surface area contributed by atoms with Crippen LogP contribution >= 0.6 is 34.8 Å². The van der Waals surface area contributed by atoms with Gasteiger partial charge in [0, 0.05) is 24.2 Å². The third kappa shape index (κ3) is 10.3. The molecule has 4 aromatic carbocycles. The molecule has 3 amide bonds. The maximum atomic E-state index is 13.3. The number of carbonyl (C=O) groups is 4. The van der Waals surface area contributed by atoms with Crippen molar-refractivity contribution >= 4 is 72.5 Å². The van der Waals surface area contributed by atoms with Crippen LogP contribution in [0.3, 0.4) is 0 Å². The van der Waals surface area contributed by atoms with Crippen LogP contribution in [0.4, 0.5) is 5.69 Å². The van der Waals surface area contributed by atoms with Crippen LogP contribution in [0, 0.1) is 0 Å². The van der Waals surface area contributed by atoms with Crippen LogP contribution in [-0.4, -0.2) is 50.3 Å². The molecule has 0 unspecified atom stereocenters. The number of nitrogens with one attached hydrogen (secondary N) is 3. The number of phenolic OH excluding ortho intramolecular Hbond substituents is 1. The molecule has 14 heteroatoms. The molecule has 0 fully saturated rings. The van der Waals surface area contributed by atoms with Crippen molar-refractivity contribution in [3.05, 3.63) is 122 Å². The molecule has 0 saturated carbocycles. The SMILES string of the molecule is COC(=O)[C@H](Cc1ccc(NC(=O)c2c(Cl)cc(O)cc2Cl)cc1)NC(=O)c1ccc(C(=O)NCc2cccc(O[Si](C)(C)C(C)(C)C)c2)cc1Cl. The molecule has 10 nitrogen and oxygen atoms in total. The van der Waals surface area contributed by atoms with E-state index < -0.39 is 32.1 Å². The zero-order valence-corrected chi connectivity index (χ0v) is 32.8. The molecule has 0 heterocycles. The van der Waals surface area contributed by atoms with E-state index in [2.05, 4.69) is 49.8 Å². The normalized spacial score (nSPS) is 12.0. The summed E-state index contributed by atoms with van der Waals surface area (Å²) in [7, 11) is -0.827. The van der Waals surface area contributed by atoms with Crippen molar-refractivity contribution in [3.8, 4) is 11.5 Å². The Labute approximate surface area is 318 Å². The Kier molecular flexibility index (Phi) is 13.0. The second-order valence-corrected chi connectivity index (χ2v) is 19.5. The van der Waals surface area contributed by atoms with Crippen molar-refractivity contribution in [2.24, 2.45) is 0 Å². The third-order valence-corrected chi connectivity index (χ3v) is 14.0. The van der Waals surface area contributed by atoms with E-state index in [-0.39, 0.29) is 61.4 Å². The predicted octanol–water partition coefficient (Wildman–Crippen LogP) is 8.43. The van der Waals surface area contributed by atoms with Crippen molar-refractivity contribution in [1.82, 2.24) is 10.6 Å². The average Bonchev–Trinajstić information content (AvgIpc) is 3.06.